The van der Waals surface area contributed by atoms with Gasteiger partial charge in [0.2, 0.25) is 0 Å². The molecule has 0 amide bonds. The highest BCUT2D eigenvalue weighted by atomic mass is 16.6. The topological polar surface area (TPSA) is 80.5 Å². The van der Waals surface area contributed by atoms with E-state index < -0.39 is 4.92 Å². The minimum atomic E-state index is -0.393. The molecule has 1 fully saturated rings. The highest BCUT2D eigenvalue weighted by Gasteiger charge is 2.19. The number of anilines is 1. The highest BCUT2D eigenvalue weighted by Crippen LogP contribution is 2.29. The second-order valence-electron chi connectivity index (χ2n) is 6.07. The molecule has 1 aliphatic rings. The minimum absolute atomic E-state index is 0.0120. The molecule has 1 atom stereocenters. The Morgan fingerprint density at radius 1 is 1.24 bits per heavy atom. The molecular weight excluding hydrogens is 320 g/mol. The molecule has 2 heterocycles. The Morgan fingerprint density at radius 3 is 2.64 bits per heavy atom. The third-order valence-corrected chi connectivity index (χ3v) is 4.37. The lowest BCUT2D eigenvalue weighted by atomic mass is 10.1. The quantitative estimate of drug-likeness (QED) is 0.642. The number of pyridine rings is 1. The van der Waals surface area contributed by atoms with Crippen LogP contribution in [0.2, 0.25) is 0 Å². The first kappa shape index (κ1) is 17.3. The molecule has 1 unspecified atom stereocenters. The lowest BCUT2D eigenvalue weighted by Crippen LogP contribution is -2.45. The highest BCUT2D eigenvalue weighted by molar-refractivity contribution is 5.71. The third-order valence-electron chi connectivity index (χ3n) is 4.37. The average Bonchev–Trinajstić information content (AvgIpc) is 2.67. The van der Waals surface area contributed by atoms with Gasteiger partial charge in [-0.3, -0.25) is 15.0 Å². The second-order valence-corrected chi connectivity index (χ2v) is 6.07. The number of ether oxygens (including phenoxy) is 1. The molecule has 0 saturated carbocycles. The van der Waals surface area contributed by atoms with E-state index in [2.05, 4.69) is 22.1 Å². The molecule has 25 heavy (non-hydrogen) atoms. The molecule has 1 aromatic carbocycles. The van der Waals surface area contributed by atoms with Gasteiger partial charge in [0.05, 0.1) is 18.1 Å². The van der Waals surface area contributed by atoms with Crippen LogP contribution >= 0.6 is 0 Å². The van der Waals surface area contributed by atoms with Crippen LogP contribution in [-0.2, 0) is 4.74 Å². The molecule has 2 aromatic rings. The zero-order valence-corrected chi connectivity index (χ0v) is 14.2. The first-order valence-electron chi connectivity index (χ1n) is 8.41. The zero-order chi connectivity index (χ0) is 17.6. The summed E-state index contributed by atoms with van der Waals surface area (Å²) >= 11 is 0. The van der Waals surface area contributed by atoms with Crippen molar-refractivity contribution >= 4 is 11.5 Å². The van der Waals surface area contributed by atoms with Gasteiger partial charge in [0.1, 0.15) is 5.82 Å². The summed E-state index contributed by atoms with van der Waals surface area (Å²) in [5.74, 6) is 0.643. The zero-order valence-electron chi connectivity index (χ0n) is 14.2. The lowest BCUT2D eigenvalue weighted by Gasteiger charge is -2.32. The van der Waals surface area contributed by atoms with Gasteiger partial charge in [-0.2, -0.15) is 0 Å². The van der Waals surface area contributed by atoms with Crippen LogP contribution < -0.4 is 5.32 Å². The van der Waals surface area contributed by atoms with Crippen LogP contribution in [-0.4, -0.2) is 53.7 Å². The van der Waals surface area contributed by atoms with Crippen molar-refractivity contribution in [1.29, 1.82) is 0 Å². The van der Waals surface area contributed by atoms with Gasteiger partial charge in [0.25, 0.3) is 5.69 Å². The van der Waals surface area contributed by atoms with E-state index in [0.717, 1.165) is 38.4 Å². The molecule has 0 radical (unpaired) electrons. The van der Waals surface area contributed by atoms with E-state index in [-0.39, 0.29) is 5.69 Å². The summed E-state index contributed by atoms with van der Waals surface area (Å²) in [7, 11) is 0. The smallest absolute Gasteiger partial charge is 0.295 e. The standard InChI is InChI=1S/C18H22N4O3/c1-14(21-9-11-25-12-10-21)13-19-17-8-7-16(22(23)24)18(20-17)15-5-3-2-4-6-15/h2-8,14H,9-13H2,1H3,(H,19,20). The van der Waals surface area contributed by atoms with Crippen LogP contribution in [0.25, 0.3) is 11.3 Å². The molecule has 7 heteroatoms. The van der Waals surface area contributed by atoms with E-state index in [1.54, 1.807) is 6.07 Å². The Hall–Kier alpha value is -2.51. The van der Waals surface area contributed by atoms with Crippen LogP contribution in [0.4, 0.5) is 11.5 Å². The Kier molecular flexibility index (Phi) is 5.57. The van der Waals surface area contributed by atoms with Crippen LogP contribution in [0.15, 0.2) is 42.5 Å². The van der Waals surface area contributed by atoms with Crippen molar-refractivity contribution in [2.45, 2.75) is 13.0 Å². The van der Waals surface area contributed by atoms with Crippen molar-refractivity contribution < 1.29 is 9.66 Å². The van der Waals surface area contributed by atoms with E-state index in [1.165, 1.54) is 6.07 Å². The number of morpholine rings is 1. The first-order chi connectivity index (χ1) is 12.1. The van der Waals surface area contributed by atoms with Crippen molar-refractivity contribution in [2.75, 3.05) is 38.2 Å². The number of nitrogens with one attached hydrogen (secondary N) is 1. The summed E-state index contributed by atoms with van der Waals surface area (Å²) in [6, 6.07) is 12.7. The van der Waals surface area contributed by atoms with Crippen LogP contribution in [0, 0.1) is 10.1 Å². The maximum absolute atomic E-state index is 11.3. The number of benzene rings is 1. The Balaban J connectivity index is 1.75. The average molecular weight is 342 g/mol. The minimum Gasteiger partial charge on any atom is -0.379 e. The molecule has 1 saturated heterocycles. The molecule has 0 bridgehead atoms. The molecule has 3 rings (SSSR count). The Bertz CT molecular complexity index is 718. The van der Waals surface area contributed by atoms with E-state index in [1.807, 2.05) is 30.3 Å². The SMILES string of the molecule is CC(CNc1ccc([N+](=O)[O-])c(-c2ccccc2)n1)N1CCOCC1. The largest absolute Gasteiger partial charge is 0.379 e. The van der Waals surface area contributed by atoms with Crippen molar-refractivity contribution in [2.24, 2.45) is 0 Å². The predicted molar refractivity (Wildman–Crippen MR) is 96.7 cm³/mol. The number of nitrogens with zero attached hydrogens (tertiary/aromatic N) is 3. The van der Waals surface area contributed by atoms with E-state index in [0.29, 0.717) is 17.6 Å². The van der Waals surface area contributed by atoms with Crippen molar-refractivity contribution in [3.05, 3.63) is 52.6 Å². The summed E-state index contributed by atoms with van der Waals surface area (Å²) in [4.78, 5) is 17.8. The normalized spacial score (nSPS) is 16.4. The number of hydrogen-bond acceptors (Lipinski definition) is 6. The van der Waals surface area contributed by atoms with Gasteiger partial charge in [-0.05, 0) is 13.0 Å². The fourth-order valence-corrected chi connectivity index (χ4v) is 2.91. The van der Waals surface area contributed by atoms with Gasteiger partial charge < -0.3 is 10.1 Å². The second kappa shape index (κ2) is 8.04. The van der Waals surface area contributed by atoms with E-state index in [4.69, 9.17) is 4.74 Å². The van der Waals surface area contributed by atoms with Gasteiger partial charge in [-0.15, -0.1) is 0 Å². The summed E-state index contributed by atoms with van der Waals surface area (Å²) < 4.78 is 5.37. The fraction of sp³-hybridized carbons (Fsp3) is 0.389. The van der Waals surface area contributed by atoms with Crippen LogP contribution in [0.5, 0.6) is 0 Å². The number of nitro groups is 1. The predicted octanol–water partition coefficient (Wildman–Crippen LogP) is 2.79. The van der Waals surface area contributed by atoms with Gasteiger partial charge in [0.15, 0.2) is 5.69 Å². The fourth-order valence-electron chi connectivity index (χ4n) is 2.91. The molecule has 7 nitrogen and oxygen atoms in total. The van der Waals surface area contributed by atoms with E-state index >= 15 is 0 Å². The summed E-state index contributed by atoms with van der Waals surface area (Å²) in [5, 5.41) is 14.6. The Labute approximate surface area is 146 Å². The van der Waals surface area contributed by atoms with Crippen LogP contribution in [0.1, 0.15) is 6.92 Å². The first-order valence-corrected chi connectivity index (χ1v) is 8.41. The maximum Gasteiger partial charge on any atom is 0.295 e. The summed E-state index contributed by atoms with van der Waals surface area (Å²) in [5.41, 5.74) is 1.13. The molecule has 1 aromatic heterocycles. The van der Waals surface area contributed by atoms with Gasteiger partial charge in [-0.25, -0.2) is 4.98 Å². The molecule has 0 aliphatic carbocycles. The molecule has 0 spiro atoms. The summed E-state index contributed by atoms with van der Waals surface area (Å²) in [6.07, 6.45) is 0. The number of hydrogen-bond donors (Lipinski definition) is 1. The number of aromatic nitrogens is 1. The third kappa shape index (κ3) is 4.32. The van der Waals surface area contributed by atoms with Gasteiger partial charge in [-0.1, -0.05) is 30.3 Å². The molecule has 1 aliphatic heterocycles. The van der Waals surface area contributed by atoms with E-state index in [9.17, 15) is 10.1 Å². The summed E-state index contributed by atoms with van der Waals surface area (Å²) in [6.45, 7) is 6.25. The van der Waals surface area contributed by atoms with Crippen molar-refractivity contribution in [1.82, 2.24) is 9.88 Å². The maximum atomic E-state index is 11.3. The number of rotatable bonds is 6. The Morgan fingerprint density at radius 2 is 1.96 bits per heavy atom. The van der Waals surface area contributed by atoms with Gasteiger partial charge in [0, 0.05) is 37.3 Å². The molecular formula is C18H22N4O3. The van der Waals surface area contributed by atoms with Crippen molar-refractivity contribution in [3.63, 3.8) is 0 Å². The molecule has 132 valence electrons. The van der Waals surface area contributed by atoms with Crippen molar-refractivity contribution in [3.8, 4) is 11.3 Å². The van der Waals surface area contributed by atoms with Gasteiger partial charge >= 0.3 is 0 Å². The van der Waals surface area contributed by atoms with Crippen LogP contribution in [0.3, 0.4) is 0 Å². The molecule has 1 N–H and O–H groups in total. The monoisotopic (exact) mass is 342 g/mol. The lowest BCUT2D eigenvalue weighted by molar-refractivity contribution is -0.384.